The number of amides is 1. The van der Waals surface area contributed by atoms with Crippen LogP contribution in [0.15, 0.2) is 36.4 Å². The highest BCUT2D eigenvalue weighted by Crippen LogP contribution is 2.40. The van der Waals surface area contributed by atoms with E-state index in [4.69, 9.17) is 25.8 Å². The summed E-state index contributed by atoms with van der Waals surface area (Å²) in [4.78, 5) is 13.2. The van der Waals surface area contributed by atoms with E-state index >= 15 is 0 Å². The van der Waals surface area contributed by atoms with Gasteiger partial charge in [0.1, 0.15) is 10.6 Å². The molecule has 4 rings (SSSR count). The molecule has 0 radical (unpaired) electrons. The molecule has 1 aromatic heterocycles. The Morgan fingerprint density at radius 3 is 2.88 bits per heavy atom. The Hall–Kier alpha value is -2.44. The number of thiophene rings is 1. The number of carbonyl (C=O) groups excluding carboxylic acids is 1. The molecule has 0 atom stereocenters. The van der Waals surface area contributed by atoms with Gasteiger partial charge < -0.3 is 19.5 Å². The van der Waals surface area contributed by atoms with Gasteiger partial charge in [0, 0.05) is 26.9 Å². The number of benzene rings is 2. The SMILES string of the molecule is COc1c(C(=O)Nc2ccc3c(c2)OCO3)sc2cc(Cl)ccc12. The summed E-state index contributed by atoms with van der Waals surface area (Å²) < 4.78 is 16.9. The number of fused-ring (bicyclic) bond motifs is 2. The molecule has 1 N–H and O–H groups in total. The minimum atomic E-state index is -0.247. The Balaban J connectivity index is 1.68. The topological polar surface area (TPSA) is 56.8 Å². The molecule has 5 nitrogen and oxygen atoms in total. The van der Waals surface area contributed by atoms with Gasteiger partial charge in [0.05, 0.1) is 7.11 Å². The molecule has 7 heteroatoms. The number of nitrogens with one attached hydrogen (secondary N) is 1. The molecule has 122 valence electrons. The highest BCUT2D eigenvalue weighted by Gasteiger charge is 2.21. The maximum Gasteiger partial charge on any atom is 0.269 e. The fourth-order valence-electron chi connectivity index (χ4n) is 2.56. The van der Waals surface area contributed by atoms with E-state index in [0.29, 0.717) is 32.8 Å². The van der Waals surface area contributed by atoms with Crippen LogP contribution in [0.25, 0.3) is 10.1 Å². The normalized spacial score (nSPS) is 12.4. The molecule has 1 aliphatic heterocycles. The zero-order chi connectivity index (χ0) is 16.7. The maximum atomic E-state index is 12.7. The highest BCUT2D eigenvalue weighted by atomic mass is 35.5. The zero-order valence-corrected chi connectivity index (χ0v) is 14.2. The summed E-state index contributed by atoms with van der Waals surface area (Å²) >= 11 is 7.36. The molecule has 0 saturated carbocycles. The summed E-state index contributed by atoms with van der Waals surface area (Å²) in [5.74, 6) is 1.58. The van der Waals surface area contributed by atoms with E-state index in [1.54, 1.807) is 31.4 Å². The van der Waals surface area contributed by atoms with Crippen molar-refractivity contribution in [3.05, 3.63) is 46.3 Å². The summed E-state index contributed by atoms with van der Waals surface area (Å²) in [5.41, 5.74) is 0.627. The van der Waals surface area contributed by atoms with Crippen LogP contribution in [0.2, 0.25) is 5.02 Å². The van der Waals surface area contributed by atoms with Crippen molar-refractivity contribution in [3.63, 3.8) is 0 Å². The molecule has 3 aromatic rings. The Kier molecular flexibility index (Phi) is 3.70. The second kappa shape index (κ2) is 5.89. The molecule has 2 heterocycles. The molecule has 24 heavy (non-hydrogen) atoms. The lowest BCUT2D eigenvalue weighted by atomic mass is 10.2. The summed E-state index contributed by atoms with van der Waals surface area (Å²) in [6, 6.07) is 10.7. The van der Waals surface area contributed by atoms with E-state index in [9.17, 15) is 4.79 Å². The third-order valence-corrected chi connectivity index (χ3v) is 5.02. The van der Waals surface area contributed by atoms with Gasteiger partial charge in [0.25, 0.3) is 5.91 Å². The largest absolute Gasteiger partial charge is 0.494 e. The fourth-order valence-corrected chi connectivity index (χ4v) is 3.90. The van der Waals surface area contributed by atoms with Crippen molar-refractivity contribution >= 4 is 44.6 Å². The van der Waals surface area contributed by atoms with E-state index < -0.39 is 0 Å². The van der Waals surface area contributed by atoms with Crippen molar-refractivity contribution in [3.8, 4) is 17.2 Å². The third-order valence-electron chi connectivity index (χ3n) is 3.65. The minimum Gasteiger partial charge on any atom is -0.494 e. The summed E-state index contributed by atoms with van der Waals surface area (Å²) in [5, 5.41) is 4.34. The van der Waals surface area contributed by atoms with Crippen molar-refractivity contribution in [2.45, 2.75) is 0 Å². The number of methoxy groups -OCH3 is 1. The van der Waals surface area contributed by atoms with Gasteiger partial charge >= 0.3 is 0 Å². The van der Waals surface area contributed by atoms with E-state index in [1.807, 2.05) is 12.1 Å². The predicted molar refractivity (Wildman–Crippen MR) is 93.9 cm³/mol. The molecular weight excluding hydrogens is 350 g/mol. The number of rotatable bonds is 3. The van der Waals surface area contributed by atoms with Crippen LogP contribution >= 0.6 is 22.9 Å². The van der Waals surface area contributed by atoms with Crippen LogP contribution in [0.5, 0.6) is 17.2 Å². The zero-order valence-electron chi connectivity index (χ0n) is 12.6. The van der Waals surface area contributed by atoms with Gasteiger partial charge in [0.15, 0.2) is 11.5 Å². The smallest absolute Gasteiger partial charge is 0.269 e. The molecule has 1 aliphatic rings. The number of ether oxygens (including phenoxy) is 3. The molecule has 0 bridgehead atoms. The predicted octanol–water partition coefficient (Wildman–Crippen LogP) is 4.54. The van der Waals surface area contributed by atoms with E-state index in [1.165, 1.54) is 11.3 Å². The second-order valence-corrected chi connectivity index (χ2v) is 6.62. The van der Waals surface area contributed by atoms with E-state index in [2.05, 4.69) is 5.32 Å². The standard InChI is InChI=1S/C17H12ClNO4S/c1-21-15-11-4-2-9(18)6-14(11)24-16(15)17(20)19-10-3-5-12-13(7-10)23-8-22-12/h2-7H,8H2,1H3,(H,19,20). The Morgan fingerprint density at radius 2 is 2.04 bits per heavy atom. The molecule has 2 aromatic carbocycles. The molecule has 0 unspecified atom stereocenters. The average Bonchev–Trinajstić information content (AvgIpc) is 3.17. The molecule has 0 saturated heterocycles. The summed E-state index contributed by atoms with van der Waals surface area (Å²) in [6.45, 7) is 0.192. The Bertz CT molecular complexity index is 953. The monoisotopic (exact) mass is 361 g/mol. The van der Waals surface area contributed by atoms with Gasteiger partial charge in [-0.1, -0.05) is 11.6 Å². The fraction of sp³-hybridized carbons (Fsp3) is 0.118. The van der Waals surface area contributed by atoms with Crippen LogP contribution in [-0.2, 0) is 0 Å². The molecule has 0 aliphatic carbocycles. The first kappa shape index (κ1) is 15.1. The summed E-state index contributed by atoms with van der Waals surface area (Å²) in [6.07, 6.45) is 0. The van der Waals surface area contributed by atoms with Crippen molar-refractivity contribution in [1.82, 2.24) is 0 Å². The van der Waals surface area contributed by atoms with E-state index in [0.717, 1.165) is 10.1 Å². The Labute approximate surface area is 146 Å². The first-order valence-electron chi connectivity index (χ1n) is 7.13. The van der Waals surface area contributed by atoms with Gasteiger partial charge in [-0.25, -0.2) is 0 Å². The first-order valence-corrected chi connectivity index (χ1v) is 8.32. The van der Waals surface area contributed by atoms with Crippen molar-refractivity contribution in [1.29, 1.82) is 0 Å². The summed E-state index contributed by atoms with van der Waals surface area (Å²) in [7, 11) is 1.55. The third kappa shape index (κ3) is 2.53. The average molecular weight is 362 g/mol. The van der Waals surface area contributed by atoms with Gasteiger partial charge in [-0.15, -0.1) is 11.3 Å². The lowest BCUT2D eigenvalue weighted by Gasteiger charge is -2.06. The number of hydrogen-bond donors (Lipinski definition) is 1. The molecule has 1 amide bonds. The van der Waals surface area contributed by atoms with Crippen LogP contribution in [0, 0.1) is 0 Å². The van der Waals surface area contributed by atoms with Crippen LogP contribution < -0.4 is 19.5 Å². The maximum absolute atomic E-state index is 12.7. The lowest BCUT2D eigenvalue weighted by Crippen LogP contribution is -2.11. The van der Waals surface area contributed by atoms with Gasteiger partial charge in [-0.2, -0.15) is 0 Å². The number of anilines is 1. The number of halogens is 1. The molecular formula is C17H12ClNO4S. The Morgan fingerprint density at radius 1 is 1.21 bits per heavy atom. The van der Waals surface area contributed by atoms with Gasteiger partial charge in [0.2, 0.25) is 6.79 Å². The highest BCUT2D eigenvalue weighted by molar-refractivity contribution is 7.21. The first-order chi connectivity index (χ1) is 11.7. The minimum absolute atomic E-state index is 0.192. The van der Waals surface area contributed by atoms with Crippen molar-refractivity contribution in [2.24, 2.45) is 0 Å². The van der Waals surface area contributed by atoms with Crippen molar-refractivity contribution < 1.29 is 19.0 Å². The quantitative estimate of drug-likeness (QED) is 0.743. The molecule has 0 spiro atoms. The van der Waals surface area contributed by atoms with E-state index in [-0.39, 0.29) is 12.7 Å². The molecule has 0 fully saturated rings. The van der Waals surface area contributed by atoms with Crippen LogP contribution in [0.3, 0.4) is 0 Å². The number of hydrogen-bond acceptors (Lipinski definition) is 5. The van der Waals surface area contributed by atoms with Crippen molar-refractivity contribution in [2.75, 3.05) is 19.2 Å². The van der Waals surface area contributed by atoms with Crippen LogP contribution in [-0.4, -0.2) is 19.8 Å². The number of carbonyl (C=O) groups is 1. The lowest BCUT2D eigenvalue weighted by molar-refractivity contribution is 0.102. The van der Waals surface area contributed by atoms with Crippen LogP contribution in [0.1, 0.15) is 9.67 Å². The second-order valence-electron chi connectivity index (χ2n) is 5.13. The van der Waals surface area contributed by atoms with Crippen LogP contribution in [0.4, 0.5) is 5.69 Å². The van der Waals surface area contributed by atoms with Gasteiger partial charge in [-0.3, -0.25) is 4.79 Å². The van der Waals surface area contributed by atoms with Gasteiger partial charge in [-0.05, 0) is 30.3 Å².